The van der Waals surface area contributed by atoms with Crippen LogP contribution in [0.4, 0.5) is 0 Å². The van der Waals surface area contributed by atoms with Gasteiger partial charge in [0, 0.05) is 23.5 Å². The molecule has 2 aliphatic carbocycles. The average molecular weight is 425 g/mol. The van der Waals surface area contributed by atoms with Crippen molar-refractivity contribution in [2.24, 2.45) is 11.3 Å². The smallest absolute Gasteiger partial charge is 0.268 e. The maximum atomic E-state index is 8.97. The molecule has 6 heteroatoms. The van der Waals surface area contributed by atoms with E-state index in [1.807, 2.05) is 26.0 Å². The Morgan fingerprint density at radius 1 is 1.23 bits per heavy atom. The Hall–Kier alpha value is -2.18. The van der Waals surface area contributed by atoms with E-state index in [0.717, 1.165) is 39.7 Å². The minimum Gasteiger partial charge on any atom is -0.493 e. The van der Waals surface area contributed by atoms with Crippen LogP contribution in [0, 0.1) is 32.1 Å². The monoisotopic (exact) mass is 424 g/mol. The fourth-order valence-electron chi connectivity index (χ4n) is 5.28. The Labute approximate surface area is 181 Å². The second-order valence-electron chi connectivity index (χ2n) is 9.28. The lowest BCUT2D eigenvalue weighted by Gasteiger charge is -2.12. The summed E-state index contributed by atoms with van der Waals surface area (Å²) in [5.74, 6) is 3.57. The molecular weight excluding hydrogens is 396 g/mol. The normalized spacial score (nSPS) is 20.9. The molecule has 5 nitrogen and oxygen atoms in total. The summed E-state index contributed by atoms with van der Waals surface area (Å²) in [6, 6.07) is 4.08. The van der Waals surface area contributed by atoms with Crippen molar-refractivity contribution in [1.29, 1.82) is 0 Å². The first kappa shape index (κ1) is 19.8. The predicted octanol–water partition coefficient (Wildman–Crippen LogP) is 5.45. The fourth-order valence-corrected chi connectivity index (χ4v) is 6.44. The van der Waals surface area contributed by atoms with Crippen LogP contribution in [0.15, 0.2) is 16.7 Å². The molecule has 2 atom stereocenters. The molecule has 1 aromatic carbocycles. The molecule has 1 saturated carbocycles. The zero-order valence-electron chi connectivity index (χ0n) is 18.2. The summed E-state index contributed by atoms with van der Waals surface area (Å²) in [5.41, 5.74) is 6.41. The molecule has 2 aromatic heterocycles. The molecule has 158 valence electrons. The van der Waals surface area contributed by atoms with Crippen molar-refractivity contribution in [1.82, 2.24) is 10.1 Å². The number of hydrogen-bond acceptors (Lipinski definition) is 6. The van der Waals surface area contributed by atoms with Crippen LogP contribution in [0.5, 0.6) is 5.75 Å². The van der Waals surface area contributed by atoms with Crippen LogP contribution < -0.4 is 4.74 Å². The van der Waals surface area contributed by atoms with Crippen molar-refractivity contribution < 1.29 is 14.4 Å². The third kappa shape index (κ3) is 2.92. The van der Waals surface area contributed by atoms with E-state index in [9.17, 15) is 0 Å². The summed E-state index contributed by atoms with van der Waals surface area (Å²) < 4.78 is 11.6. The van der Waals surface area contributed by atoms with Crippen LogP contribution in [0.3, 0.4) is 0 Å². The summed E-state index contributed by atoms with van der Waals surface area (Å²) in [7, 11) is 0. The molecule has 1 N–H and O–H groups in total. The van der Waals surface area contributed by atoms with Gasteiger partial charge < -0.3 is 14.4 Å². The Balaban J connectivity index is 1.44. The number of aryl methyl sites for hydroxylation is 3. The summed E-state index contributed by atoms with van der Waals surface area (Å²) in [6.45, 7) is 11.7. The molecule has 0 unspecified atom stereocenters. The van der Waals surface area contributed by atoms with Gasteiger partial charge in [-0.3, -0.25) is 0 Å². The van der Waals surface area contributed by atoms with Gasteiger partial charge in [-0.05, 0) is 78.8 Å². The van der Waals surface area contributed by atoms with Crippen molar-refractivity contribution in [2.45, 2.75) is 53.4 Å². The van der Waals surface area contributed by atoms with Gasteiger partial charge in [0.25, 0.3) is 5.89 Å². The number of hydrogen-bond donors (Lipinski definition) is 1. The van der Waals surface area contributed by atoms with Gasteiger partial charge in [0.1, 0.15) is 5.75 Å². The summed E-state index contributed by atoms with van der Waals surface area (Å²) in [4.78, 5) is 7.32. The van der Waals surface area contributed by atoms with Crippen molar-refractivity contribution in [2.75, 3.05) is 13.2 Å². The van der Waals surface area contributed by atoms with E-state index in [4.69, 9.17) is 19.4 Å². The van der Waals surface area contributed by atoms with Crippen LogP contribution >= 0.6 is 11.3 Å². The molecule has 2 aliphatic rings. The zero-order valence-corrected chi connectivity index (χ0v) is 19.0. The highest BCUT2D eigenvalue weighted by atomic mass is 32.1. The third-order valence-corrected chi connectivity index (χ3v) is 8.06. The highest BCUT2D eigenvalue weighted by Crippen LogP contribution is 2.72. The highest BCUT2D eigenvalue weighted by molar-refractivity contribution is 7.15. The van der Waals surface area contributed by atoms with Crippen molar-refractivity contribution >= 4 is 11.3 Å². The van der Waals surface area contributed by atoms with Gasteiger partial charge in [-0.2, -0.15) is 4.98 Å². The van der Waals surface area contributed by atoms with E-state index in [1.54, 1.807) is 16.9 Å². The summed E-state index contributed by atoms with van der Waals surface area (Å²) in [6.07, 6.45) is 1.75. The van der Waals surface area contributed by atoms with E-state index in [0.29, 0.717) is 36.1 Å². The summed E-state index contributed by atoms with van der Waals surface area (Å²) in [5, 5.41) is 13.3. The standard InChI is InChI=1S/C24H28N2O3S/c1-12-9-15(10-13(2)20(12)28-8-6-7-27)22-25-23(29-26-22)21-16-11-17-19(24(17,4)5)18(16)14(3)30-21/h9-10,17,19,27H,6-8,11H2,1-5H3/t17-,19-/m1/s1. The molecule has 0 radical (unpaired) electrons. The molecule has 2 heterocycles. The van der Waals surface area contributed by atoms with Gasteiger partial charge in [-0.1, -0.05) is 19.0 Å². The van der Waals surface area contributed by atoms with Crippen LogP contribution in [0.1, 0.15) is 53.3 Å². The minimum absolute atomic E-state index is 0.132. The van der Waals surface area contributed by atoms with Crippen molar-refractivity contribution in [3.05, 3.63) is 39.3 Å². The van der Waals surface area contributed by atoms with Gasteiger partial charge in [0.2, 0.25) is 5.82 Å². The number of benzene rings is 1. The second-order valence-corrected chi connectivity index (χ2v) is 10.5. The van der Waals surface area contributed by atoms with Crippen molar-refractivity contribution in [3.63, 3.8) is 0 Å². The molecule has 0 spiro atoms. The topological polar surface area (TPSA) is 68.4 Å². The molecule has 30 heavy (non-hydrogen) atoms. The van der Waals surface area contributed by atoms with Crippen molar-refractivity contribution in [3.8, 4) is 27.9 Å². The van der Waals surface area contributed by atoms with E-state index >= 15 is 0 Å². The second kappa shape index (κ2) is 6.92. The number of aliphatic hydroxyl groups excluding tert-OH is 1. The summed E-state index contributed by atoms with van der Waals surface area (Å²) >= 11 is 1.79. The van der Waals surface area contributed by atoms with Gasteiger partial charge in [0.15, 0.2) is 0 Å². The Morgan fingerprint density at radius 2 is 1.97 bits per heavy atom. The van der Waals surface area contributed by atoms with E-state index in [2.05, 4.69) is 25.9 Å². The predicted molar refractivity (Wildman–Crippen MR) is 118 cm³/mol. The van der Waals surface area contributed by atoms with Gasteiger partial charge in [-0.15, -0.1) is 11.3 Å². The number of fused-ring (bicyclic) bond motifs is 3. The van der Waals surface area contributed by atoms with Crippen LogP contribution in [0.2, 0.25) is 0 Å². The Bertz CT molecular complexity index is 1100. The third-order valence-electron chi connectivity index (χ3n) is 6.91. The van der Waals surface area contributed by atoms with Gasteiger partial charge >= 0.3 is 0 Å². The Morgan fingerprint density at radius 3 is 2.67 bits per heavy atom. The molecule has 0 aliphatic heterocycles. The lowest BCUT2D eigenvalue weighted by Crippen LogP contribution is -2.03. The van der Waals surface area contributed by atoms with Crippen LogP contribution in [-0.2, 0) is 6.42 Å². The number of thiophene rings is 1. The highest BCUT2D eigenvalue weighted by Gasteiger charge is 2.63. The first-order valence-corrected chi connectivity index (χ1v) is 11.5. The molecule has 0 amide bonds. The molecule has 0 saturated heterocycles. The number of ether oxygens (including phenoxy) is 1. The molecule has 1 fully saturated rings. The maximum Gasteiger partial charge on any atom is 0.268 e. The first-order chi connectivity index (χ1) is 14.3. The largest absolute Gasteiger partial charge is 0.493 e. The first-order valence-electron chi connectivity index (χ1n) is 10.6. The number of aromatic nitrogens is 2. The molecule has 5 rings (SSSR count). The lowest BCUT2D eigenvalue weighted by molar-refractivity contribution is 0.232. The van der Waals surface area contributed by atoms with E-state index in [1.165, 1.54) is 10.4 Å². The number of aliphatic hydroxyl groups is 1. The maximum absolute atomic E-state index is 8.97. The minimum atomic E-state index is 0.132. The van der Waals surface area contributed by atoms with E-state index in [-0.39, 0.29) is 6.61 Å². The SMILES string of the molecule is Cc1cc(-c2noc(-c3sc(C)c4c3C[C@@H]3[C@H]4C3(C)C)n2)cc(C)c1OCCCO. The average Bonchev–Trinajstić information content (AvgIpc) is 3.19. The number of nitrogens with zero attached hydrogens (tertiary/aromatic N) is 2. The van der Waals surface area contributed by atoms with E-state index < -0.39 is 0 Å². The molecule has 0 bridgehead atoms. The van der Waals surface area contributed by atoms with Gasteiger partial charge in [-0.25, -0.2) is 0 Å². The quantitative estimate of drug-likeness (QED) is 0.533. The number of rotatable bonds is 6. The van der Waals surface area contributed by atoms with Gasteiger partial charge in [0.05, 0.1) is 11.5 Å². The van der Waals surface area contributed by atoms with Crippen LogP contribution in [-0.4, -0.2) is 28.5 Å². The van der Waals surface area contributed by atoms with Crippen LogP contribution in [0.25, 0.3) is 22.2 Å². The molecule has 3 aromatic rings. The fraction of sp³-hybridized carbons (Fsp3) is 0.500. The molecular formula is C24H28N2O3S. The lowest BCUT2D eigenvalue weighted by atomic mass is 9.95. The Kier molecular flexibility index (Phi) is 4.56. The zero-order chi connectivity index (χ0) is 21.2.